The minimum atomic E-state index is -0.249. The lowest BCUT2D eigenvalue weighted by atomic mass is 9.88. The molecular weight excluding hydrogens is 316 g/mol. The summed E-state index contributed by atoms with van der Waals surface area (Å²) in [5.74, 6) is 1.55. The molecule has 1 aromatic carbocycles. The standard InChI is InChI=1S/C20H34N2O3/c1-4-6-10-25-20-17(21)12-15(13-19(20)24-3)11-16-14-22(8-5-2)9-7-18(16)23/h12-13,16,18,23H,4-11,14,21H2,1-3H3. The third-order valence-corrected chi connectivity index (χ3v) is 4.92. The SMILES string of the molecule is CCCCOc1c(N)cc(CC2CN(CCC)CCC2O)cc1OC. The van der Waals surface area contributed by atoms with Crippen LogP contribution in [0.5, 0.6) is 11.5 Å². The lowest BCUT2D eigenvalue weighted by Crippen LogP contribution is -2.44. The summed E-state index contributed by atoms with van der Waals surface area (Å²) in [6, 6.07) is 3.97. The smallest absolute Gasteiger partial charge is 0.184 e. The molecular formula is C20H34N2O3. The Balaban J connectivity index is 2.09. The van der Waals surface area contributed by atoms with Gasteiger partial charge >= 0.3 is 0 Å². The van der Waals surface area contributed by atoms with Gasteiger partial charge in [0.15, 0.2) is 11.5 Å². The predicted octanol–water partition coefficient (Wildman–Crippen LogP) is 3.09. The van der Waals surface area contributed by atoms with Crippen LogP contribution in [0.15, 0.2) is 12.1 Å². The molecule has 142 valence electrons. The van der Waals surface area contributed by atoms with E-state index in [1.54, 1.807) is 7.11 Å². The van der Waals surface area contributed by atoms with Crippen molar-refractivity contribution in [2.24, 2.45) is 5.92 Å². The molecule has 2 rings (SSSR count). The number of hydrogen-bond donors (Lipinski definition) is 2. The second-order valence-corrected chi connectivity index (χ2v) is 7.04. The van der Waals surface area contributed by atoms with Crippen molar-refractivity contribution in [3.8, 4) is 11.5 Å². The van der Waals surface area contributed by atoms with E-state index < -0.39 is 0 Å². The van der Waals surface area contributed by atoms with Crippen molar-refractivity contribution in [2.45, 2.75) is 52.1 Å². The summed E-state index contributed by atoms with van der Waals surface area (Å²) in [6.45, 7) is 7.99. The number of anilines is 1. The van der Waals surface area contributed by atoms with Gasteiger partial charge in [-0.2, -0.15) is 0 Å². The van der Waals surface area contributed by atoms with Crippen molar-refractivity contribution >= 4 is 5.69 Å². The van der Waals surface area contributed by atoms with Crippen molar-refractivity contribution in [2.75, 3.05) is 39.1 Å². The minimum absolute atomic E-state index is 0.233. The number of nitrogens with zero attached hydrogens (tertiary/aromatic N) is 1. The van der Waals surface area contributed by atoms with Crippen LogP contribution in [-0.4, -0.2) is 49.5 Å². The fourth-order valence-electron chi connectivity index (χ4n) is 3.54. The molecule has 0 aromatic heterocycles. The number of hydrogen-bond acceptors (Lipinski definition) is 5. The lowest BCUT2D eigenvalue weighted by molar-refractivity contribution is 0.0270. The average molecular weight is 351 g/mol. The molecule has 2 atom stereocenters. The molecule has 1 fully saturated rings. The van der Waals surface area contributed by atoms with Crippen molar-refractivity contribution < 1.29 is 14.6 Å². The van der Waals surface area contributed by atoms with E-state index in [9.17, 15) is 5.11 Å². The molecule has 25 heavy (non-hydrogen) atoms. The van der Waals surface area contributed by atoms with Gasteiger partial charge in [-0.3, -0.25) is 0 Å². The van der Waals surface area contributed by atoms with Crippen molar-refractivity contribution in [3.05, 3.63) is 17.7 Å². The molecule has 1 aromatic rings. The second kappa shape index (κ2) is 9.88. The van der Waals surface area contributed by atoms with Gasteiger partial charge in [0.25, 0.3) is 0 Å². The first kappa shape index (κ1) is 19.9. The Labute approximate surface area is 152 Å². The summed E-state index contributed by atoms with van der Waals surface area (Å²) in [5, 5.41) is 10.4. The van der Waals surface area contributed by atoms with E-state index in [-0.39, 0.29) is 12.0 Å². The first-order valence-corrected chi connectivity index (χ1v) is 9.58. The van der Waals surface area contributed by atoms with Crippen LogP contribution in [0.1, 0.15) is 45.1 Å². The third-order valence-electron chi connectivity index (χ3n) is 4.92. The number of rotatable bonds is 9. The quantitative estimate of drug-likeness (QED) is 0.529. The van der Waals surface area contributed by atoms with Crippen LogP contribution in [0, 0.1) is 5.92 Å². The molecule has 0 amide bonds. The fourth-order valence-corrected chi connectivity index (χ4v) is 3.54. The molecule has 1 heterocycles. The molecule has 0 aliphatic carbocycles. The highest BCUT2D eigenvalue weighted by molar-refractivity contribution is 5.62. The summed E-state index contributed by atoms with van der Waals surface area (Å²) in [5.41, 5.74) is 7.93. The topological polar surface area (TPSA) is 68.0 Å². The first-order valence-electron chi connectivity index (χ1n) is 9.58. The Morgan fingerprint density at radius 3 is 2.76 bits per heavy atom. The monoisotopic (exact) mass is 350 g/mol. The number of nitrogen functional groups attached to an aromatic ring is 1. The molecule has 0 saturated carbocycles. The van der Waals surface area contributed by atoms with E-state index >= 15 is 0 Å². The largest absolute Gasteiger partial charge is 0.493 e. The summed E-state index contributed by atoms with van der Waals surface area (Å²) >= 11 is 0. The van der Waals surface area contributed by atoms with Gasteiger partial charge in [-0.1, -0.05) is 20.3 Å². The normalized spacial score (nSPS) is 21.3. The van der Waals surface area contributed by atoms with Gasteiger partial charge in [-0.05, 0) is 49.9 Å². The minimum Gasteiger partial charge on any atom is -0.493 e. The molecule has 1 aliphatic heterocycles. The highest BCUT2D eigenvalue weighted by atomic mass is 16.5. The van der Waals surface area contributed by atoms with Crippen LogP contribution in [-0.2, 0) is 6.42 Å². The Morgan fingerprint density at radius 2 is 2.08 bits per heavy atom. The highest BCUT2D eigenvalue weighted by Gasteiger charge is 2.28. The maximum absolute atomic E-state index is 10.4. The van der Waals surface area contributed by atoms with E-state index in [4.69, 9.17) is 15.2 Å². The van der Waals surface area contributed by atoms with Crippen LogP contribution in [0.2, 0.25) is 0 Å². The van der Waals surface area contributed by atoms with Crippen molar-refractivity contribution in [1.29, 1.82) is 0 Å². The van der Waals surface area contributed by atoms with Gasteiger partial charge in [0.2, 0.25) is 0 Å². The van der Waals surface area contributed by atoms with Crippen LogP contribution in [0.3, 0.4) is 0 Å². The summed E-state index contributed by atoms with van der Waals surface area (Å²) in [7, 11) is 1.64. The Bertz CT molecular complexity index is 536. The van der Waals surface area contributed by atoms with Crippen LogP contribution in [0.25, 0.3) is 0 Å². The molecule has 5 nitrogen and oxygen atoms in total. The van der Waals surface area contributed by atoms with Gasteiger partial charge in [0.1, 0.15) is 0 Å². The number of unbranched alkanes of at least 4 members (excludes halogenated alkanes) is 1. The average Bonchev–Trinajstić information content (AvgIpc) is 2.59. The van der Waals surface area contributed by atoms with E-state index in [1.165, 1.54) is 0 Å². The summed E-state index contributed by atoms with van der Waals surface area (Å²) < 4.78 is 11.3. The van der Waals surface area contributed by atoms with Gasteiger partial charge in [-0.25, -0.2) is 0 Å². The number of ether oxygens (including phenoxy) is 2. The second-order valence-electron chi connectivity index (χ2n) is 7.04. The number of benzene rings is 1. The van der Waals surface area contributed by atoms with E-state index in [0.717, 1.165) is 57.3 Å². The van der Waals surface area contributed by atoms with Gasteiger partial charge < -0.3 is 25.2 Å². The molecule has 2 unspecified atom stereocenters. The first-order chi connectivity index (χ1) is 12.1. The summed E-state index contributed by atoms with van der Waals surface area (Å²) in [4.78, 5) is 2.44. The number of likely N-dealkylation sites (tertiary alicyclic amines) is 1. The van der Waals surface area contributed by atoms with Crippen molar-refractivity contribution in [3.63, 3.8) is 0 Å². The van der Waals surface area contributed by atoms with Crippen molar-refractivity contribution in [1.82, 2.24) is 4.90 Å². The molecule has 0 bridgehead atoms. The molecule has 3 N–H and O–H groups in total. The number of aliphatic hydroxyl groups is 1. The number of piperidine rings is 1. The zero-order chi connectivity index (χ0) is 18.2. The van der Waals surface area contributed by atoms with Crippen LogP contribution < -0.4 is 15.2 Å². The van der Waals surface area contributed by atoms with Crippen LogP contribution in [0.4, 0.5) is 5.69 Å². The third kappa shape index (κ3) is 5.51. The predicted molar refractivity (Wildman–Crippen MR) is 102 cm³/mol. The van der Waals surface area contributed by atoms with Gasteiger partial charge in [0, 0.05) is 19.0 Å². The molecule has 1 saturated heterocycles. The number of methoxy groups -OCH3 is 1. The Kier molecular flexibility index (Phi) is 7.85. The highest BCUT2D eigenvalue weighted by Crippen LogP contribution is 2.36. The molecule has 0 spiro atoms. The Morgan fingerprint density at radius 1 is 1.28 bits per heavy atom. The number of nitrogens with two attached hydrogens (primary N) is 1. The zero-order valence-corrected chi connectivity index (χ0v) is 16.0. The summed E-state index contributed by atoms with van der Waals surface area (Å²) in [6.07, 6.45) is 4.61. The molecule has 0 radical (unpaired) electrons. The van der Waals surface area contributed by atoms with E-state index in [1.807, 2.05) is 12.1 Å². The molecule has 1 aliphatic rings. The van der Waals surface area contributed by atoms with Gasteiger partial charge in [0.05, 0.1) is 25.5 Å². The van der Waals surface area contributed by atoms with E-state index in [0.29, 0.717) is 23.8 Å². The maximum Gasteiger partial charge on any atom is 0.184 e. The Hall–Kier alpha value is -1.46. The fraction of sp³-hybridized carbons (Fsp3) is 0.700. The zero-order valence-electron chi connectivity index (χ0n) is 16.0. The maximum atomic E-state index is 10.4. The van der Waals surface area contributed by atoms with E-state index in [2.05, 4.69) is 18.7 Å². The number of aliphatic hydroxyl groups excluding tert-OH is 1. The lowest BCUT2D eigenvalue weighted by Gasteiger charge is -2.36. The van der Waals surface area contributed by atoms with Gasteiger partial charge in [-0.15, -0.1) is 0 Å². The molecule has 5 heteroatoms. The van der Waals surface area contributed by atoms with Crippen LogP contribution >= 0.6 is 0 Å².